The van der Waals surface area contributed by atoms with Gasteiger partial charge in [0.2, 0.25) is 0 Å². The van der Waals surface area contributed by atoms with Crippen molar-refractivity contribution in [3.05, 3.63) is 28.2 Å². The first kappa shape index (κ1) is 15.1. The predicted molar refractivity (Wildman–Crippen MR) is 77.3 cm³/mol. The van der Waals surface area contributed by atoms with E-state index in [2.05, 4.69) is 26.4 Å². The largest absolute Gasteiger partial charge is 0.488 e. The molecule has 0 aromatic heterocycles. The lowest BCUT2D eigenvalue weighted by molar-refractivity contribution is 0.0468. The number of benzene rings is 1. The summed E-state index contributed by atoms with van der Waals surface area (Å²) in [7, 11) is 0. The van der Waals surface area contributed by atoms with E-state index in [1.165, 1.54) is 0 Å². The minimum atomic E-state index is -1.10. The van der Waals surface area contributed by atoms with Crippen molar-refractivity contribution in [3.63, 3.8) is 0 Å². The second kappa shape index (κ2) is 6.95. The van der Waals surface area contributed by atoms with E-state index in [1.807, 2.05) is 6.07 Å². The van der Waals surface area contributed by atoms with Gasteiger partial charge in [0.1, 0.15) is 12.4 Å². The Morgan fingerprint density at radius 2 is 2.48 bits per heavy atom. The van der Waals surface area contributed by atoms with Crippen LogP contribution in [-0.2, 0) is 4.84 Å². The molecule has 8 heteroatoms. The molecule has 2 rings (SSSR count). The fraction of sp³-hybridized carbons (Fsp3) is 0.308. The van der Waals surface area contributed by atoms with Gasteiger partial charge in [-0.1, -0.05) is 5.16 Å². The van der Waals surface area contributed by atoms with E-state index in [1.54, 1.807) is 18.2 Å². The normalized spacial score (nSPS) is 16.6. The quantitative estimate of drug-likeness (QED) is 0.843. The van der Waals surface area contributed by atoms with Crippen molar-refractivity contribution < 1.29 is 19.5 Å². The van der Waals surface area contributed by atoms with Crippen LogP contribution in [0.25, 0.3) is 0 Å². The number of halogens is 1. The monoisotopic (exact) mass is 353 g/mol. The fourth-order valence-corrected chi connectivity index (χ4v) is 2.22. The molecule has 1 atom stereocenters. The highest BCUT2D eigenvalue weighted by atomic mass is 79.9. The van der Waals surface area contributed by atoms with Crippen LogP contribution in [0.15, 0.2) is 27.8 Å². The Morgan fingerprint density at radius 1 is 1.67 bits per heavy atom. The molecule has 0 fully saturated rings. The van der Waals surface area contributed by atoms with Gasteiger partial charge in [-0.25, -0.2) is 4.79 Å². The topological polar surface area (TPSA) is 104 Å². The highest BCUT2D eigenvalue weighted by Gasteiger charge is 2.22. The third-order valence-corrected chi connectivity index (χ3v) is 3.34. The van der Waals surface area contributed by atoms with Crippen molar-refractivity contribution in [3.8, 4) is 11.8 Å². The predicted octanol–water partition coefficient (Wildman–Crippen LogP) is 2.11. The number of ether oxygens (including phenoxy) is 1. The van der Waals surface area contributed by atoms with Crippen LogP contribution in [0.5, 0.6) is 5.75 Å². The van der Waals surface area contributed by atoms with Gasteiger partial charge in [-0.05, 0) is 34.1 Å². The van der Waals surface area contributed by atoms with Gasteiger partial charge >= 0.3 is 6.09 Å². The van der Waals surface area contributed by atoms with Gasteiger partial charge < -0.3 is 20.0 Å². The summed E-state index contributed by atoms with van der Waals surface area (Å²) in [4.78, 5) is 15.5. The molecule has 7 nitrogen and oxygen atoms in total. The first-order valence-corrected chi connectivity index (χ1v) is 6.88. The van der Waals surface area contributed by atoms with Crippen molar-refractivity contribution >= 4 is 27.7 Å². The van der Waals surface area contributed by atoms with Crippen molar-refractivity contribution in [1.29, 1.82) is 5.26 Å². The van der Waals surface area contributed by atoms with E-state index >= 15 is 0 Å². The maximum Gasteiger partial charge on any atom is 0.404 e. The molecule has 0 saturated carbocycles. The van der Waals surface area contributed by atoms with Crippen molar-refractivity contribution in [2.45, 2.75) is 12.5 Å². The molecule has 1 amide bonds. The first-order chi connectivity index (χ1) is 10.1. The van der Waals surface area contributed by atoms with E-state index in [0.29, 0.717) is 27.9 Å². The second-order valence-corrected chi connectivity index (χ2v) is 5.17. The van der Waals surface area contributed by atoms with Gasteiger partial charge in [0.25, 0.3) is 0 Å². The molecule has 0 aliphatic carbocycles. The lowest BCUT2D eigenvalue weighted by Gasteiger charge is -2.11. The summed E-state index contributed by atoms with van der Waals surface area (Å²) in [5.41, 5.74) is 1.17. The van der Waals surface area contributed by atoms with Crippen LogP contribution in [0, 0.1) is 11.3 Å². The molecule has 0 radical (unpaired) electrons. The Hall–Kier alpha value is -2.27. The number of nitrogens with one attached hydrogen (secondary N) is 1. The van der Waals surface area contributed by atoms with Crippen LogP contribution in [-0.4, -0.2) is 36.2 Å². The number of rotatable bonds is 5. The van der Waals surface area contributed by atoms with Gasteiger partial charge in [-0.15, -0.1) is 0 Å². The van der Waals surface area contributed by atoms with E-state index in [-0.39, 0.29) is 19.3 Å². The molecule has 1 unspecified atom stereocenters. The number of nitrogens with zero attached hydrogens (tertiary/aromatic N) is 2. The molecule has 110 valence electrons. The molecule has 1 aliphatic rings. The minimum Gasteiger partial charge on any atom is -0.488 e. The van der Waals surface area contributed by atoms with Gasteiger partial charge in [0.15, 0.2) is 6.10 Å². The molecular weight excluding hydrogens is 342 g/mol. The molecule has 0 bridgehead atoms. The molecule has 0 saturated heterocycles. The number of oxime groups is 1. The van der Waals surface area contributed by atoms with E-state index in [0.717, 1.165) is 0 Å². The molecule has 1 aromatic carbocycles. The zero-order chi connectivity index (χ0) is 15.2. The number of carboxylic acid groups (broad SMARTS) is 1. The van der Waals surface area contributed by atoms with Gasteiger partial charge in [-0.2, -0.15) is 5.26 Å². The first-order valence-electron chi connectivity index (χ1n) is 6.09. The molecule has 1 aromatic rings. The van der Waals surface area contributed by atoms with Crippen LogP contribution in [0.2, 0.25) is 0 Å². The summed E-state index contributed by atoms with van der Waals surface area (Å²) in [6.45, 7) is 0.428. The number of carbonyl (C=O) groups is 1. The van der Waals surface area contributed by atoms with Crippen LogP contribution < -0.4 is 10.1 Å². The molecular formula is C13H12BrN3O4. The van der Waals surface area contributed by atoms with Crippen molar-refractivity contribution in [1.82, 2.24) is 5.32 Å². The summed E-state index contributed by atoms with van der Waals surface area (Å²) < 4.78 is 6.29. The minimum absolute atomic E-state index is 0.145. The zero-order valence-electron chi connectivity index (χ0n) is 10.9. The van der Waals surface area contributed by atoms with Crippen LogP contribution in [0.1, 0.15) is 12.0 Å². The van der Waals surface area contributed by atoms with Gasteiger partial charge in [-0.3, -0.25) is 0 Å². The number of hydrogen-bond donors (Lipinski definition) is 2. The van der Waals surface area contributed by atoms with E-state index in [9.17, 15) is 4.79 Å². The van der Waals surface area contributed by atoms with Crippen molar-refractivity contribution in [2.75, 3.05) is 13.2 Å². The fourth-order valence-electron chi connectivity index (χ4n) is 1.73. The Morgan fingerprint density at radius 3 is 3.14 bits per heavy atom. The summed E-state index contributed by atoms with van der Waals surface area (Å²) in [5.74, 6) is 0.606. The maximum atomic E-state index is 10.4. The zero-order valence-corrected chi connectivity index (χ0v) is 12.5. The highest BCUT2D eigenvalue weighted by molar-refractivity contribution is 9.10. The highest BCUT2D eigenvalue weighted by Crippen LogP contribution is 2.26. The smallest absolute Gasteiger partial charge is 0.404 e. The Balaban J connectivity index is 1.80. The average Bonchev–Trinajstić information content (AvgIpc) is 2.91. The lowest BCUT2D eigenvalue weighted by atomic mass is 10.2. The summed E-state index contributed by atoms with van der Waals surface area (Å²) in [6, 6.07) is 7.07. The van der Waals surface area contributed by atoms with E-state index in [4.69, 9.17) is 19.9 Å². The molecule has 0 spiro atoms. The second-order valence-electron chi connectivity index (χ2n) is 4.32. The summed E-state index contributed by atoms with van der Waals surface area (Å²) in [6.07, 6.45) is -0.842. The summed E-state index contributed by atoms with van der Waals surface area (Å²) in [5, 5.41) is 23.3. The number of amides is 1. The average molecular weight is 354 g/mol. The van der Waals surface area contributed by atoms with Crippen LogP contribution >= 0.6 is 15.9 Å². The third-order valence-electron chi connectivity index (χ3n) is 2.72. The SMILES string of the molecule is N#Cc1ccc(OCC2CC(CNC(=O)O)=NO2)c(Br)c1. The lowest BCUT2D eigenvalue weighted by Crippen LogP contribution is -2.28. The summed E-state index contributed by atoms with van der Waals surface area (Å²) >= 11 is 3.33. The Labute approximate surface area is 129 Å². The van der Waals surface area contributed by atoms with Crippen LogP contribution in [0.3, 0.4) is 0 Å². The molecule has 1 aliphatic heterocycles. The Bertz CT molecular complexity index is 612. The standard InChI is InChI=1S/C13H12BrN3O4/c14-11-3-8(5-15)1-2-12(11)20-7-10-4-9(17-21-10)6-16-13(18)19/h1-3,10,16H,4,6-7H2,(H,18,19). The molecule has 1 heterocycles. The van der Waals surface area contributed by atoms with E-state index < -0.39 is 6.09 Å². The number of hydrogen-bond acceptors (Lipinski definition) is 5. The van der Waals surface area contributed by atoms with Crippen LogP contribution in [0.4, 0.5) is 4.79 Å². The third kappa shape index (κ3) is 4.36. The van der Waals surface area contributed by atoms with Crippen molar-refractivity contribution in [2.24, 2.45) is 5.16 Å². The van der Waals surface area contributed by atoms with Gasteiger partial charge in [0, 0.05) is 6.42 Å². The Kier molecular flexibility index (Phi) is 5.00. The number of nitriles is 1. The van der Waals surface area contributed by atoms with Gasteiger partial charge in [0.05, 0.1) is 28.4 Å². The molecule has 21 heavy (non-hydrogen) atoms. The maximum absolute atomic E-state index is 10.4. The molecule has 2 N–H and O–H groups in total.